The van der Waals surface area contributed by atoms with E-state index in [1.54, 1.807) is 0 Å². The Hall–Kier alpha value is -1.10. The molecule has 2 aliphatic rings. The van der Waals surface area contributed by atoms with Crippen LogP contribution in [0.1, 0.15) is 44.9 Å². The molecule has 2 unspecified atom stereocenters. The molecule has 3 atom stereocenters. The van der Waals surface area contributed by atoms with E-state index in [4.69, 9.17) is 0 Å². The fraction of sp³-hybridized carbons (Fsp3) is 0.846. The number of amides is 1. The van der Waals surface area contributed by atoms with Gasteiger partial charge in [0.25, 0.3) is 0 Å². The zero-order valence-corrected chi connectivity index (χ0v) is 10.7. The number of carboxylic acid groups (broad SMARTS) is 1. The number of rotatable bonds is 3. The molecular weight excluding hydrogens is 232 g/mol. The average molecular weight is 254 g/mol. The lowest BCUT2D eigenvalue weighted by molar-refractivity contribution is -0.143. The van der Waals surface area contributed by atoms with Crippen LogP contribution in [0.5, 0.6) is 0 Å². The Balaban J connectivity index is 1.95. The first-order chi connectivity index (χ1) is 8.68. The van der Waals surface area contributed by atoms with E-state index >= 15 is 0 Å². The van der Waals surface area contributed by atoms with Gasteiger partial charge < -0.3 is 15.7 Å². The number of carbonyl (C=O) groups excluding carboxylic acids is 1. The molecule has 1 aliphatic heterocycles. The van der Waals surface area contributed by atoms with Crippen molar-refractivity contribution < 1.29 is 14.7 Å². The number of nitrogens with one attached hydrogen (secondary N) is 2. The molecular formula is C13H22N2O3. The highest BCUT2D eigenvalue weighted by atomic mass is 16.4. The summed E-state index contributed by atoms with van der Waals surface area (Å²) in [4.78, 5) is 23.3. The molecule has 2 rings (SSSR count). The minimum absolute atomic E-state index is 0.0225. The van der Waals surface area contributed by atoms with Gasteiger partial charge in [0.05, 0.1) is 12.0 Å². The van der Waals surface area contributed by atoms with Gasteiger partial charge in [-0.15, -0.1) is 0 Å². The van der Waals surface area contributed by atoms with Gasteiger partial charge in [-0.3, -0.25) is 9.59 Å². The van der Waals surface area contributed by atoms with E-state index in [2.05, 4.69) is 10.6 Å². The summed E-state index contributed by atoms with van der Waals surface area (Å²) in [6.45, 7) is 0.880. The van der Waals surface area contributed by atoms with Crippen LogP contribution in [-0.2, 0) is 9.59 Å². The van der Waals surface area contributed by atoms with Crippen LogP contribution in [0.2, 0.25) is 0 Å². The smallest absolute Gasteiger partial charge is 0.308 e. The number of hydrogen-bond acceptors (Lipinski definition) is 3. The van der Waals surface area contributed by atoms with Crippen LogP contribution < -0.4 is 10.6 Å². The Labute approximate surface area is 107 Å². The van der Waals surface area contributed by atoms with Crippen LogP contribution in [0.3, 0.4) is 0 Å². The van der Waals surface area contributed by atoms with E-state index in [0.29, 0.717) is 6.42 Å². The molecule has 0 aromatic carbocycles. The lowest BCUT2D eigenvalue weighted by Gasteiger charge is -2.24. The van der Waals surface area contributed by atoms with Gasteiger partial charge in [-0.05, 0) is 32.2 Å². The quantitative estimate of drug-likeness (QED) is 0.654. The van der Waals surface area contributed by atoms with Crippen LogP contribution in [0.4, 0.5) is 0 Å². The third kappa shape index (κ3) is 3.22. The van der Waals surface area contributed by atoms with Crippen molar-refractivity contribution >= 4 is 11.9 Å². The lowest BCUT2D eigenvalue weighted by atomic mass is 9.94. The van der Waals surface area contributed by atoms with Crippen molar-refractivity contribution in [1.29, 1.82) is 0 Å². The number of carbonyl (C=O) groups is 2. The van der Waals surface area contributed by atoms with Gasteiger partial charge in [0.1, 0.15) is 0 Å². The summed E-state index contributed by atoms with van der Waals surface area (Å²) in [6.07, 6.45) is 6.37. The maximum Gasteiger partial charge on any atom is 0.308 e. The molecule has 1 amide bonds. The Morgan fingerprint density at radius 2 is 1.83 bits per heavy atom. The zero-order valence-electron chi connectivity index (χ0n) is 10.7. The predicted molar refractivity (Wildman–Crippen MR) is 67.2 cm³/mol. The van der Waals surface area contributed by atoms with Crippen molar-refractivity contribution in [1.82, 2.24) is 10.6 Å². The predicted octanol–water partition coefficient (Wildman–Crippen LogP) is 0.888. The highest BCUT2D eigenvalue weighted by Gasteiger charge is 2.32. The Morgan fingerprint density at radius 1 is 1.06 bits per heavy atom. The van der Waals surface area contributed by atoms with Crippen molar-refractivity contribution in [3.05, 3.63) is 0 Å². The number of hydrogen-bond donors (Lipinski definition) is 3. The summed E-state index contributed by atoms with van der Waals surface area (Å²) in [6, 6.07) is -0.317. The summed E-state index contributed by atoms with van der Waals surface area (Å²) in [5.74, 6) is -1.22. The first-order valence-corrected chi connectivity index (χ1v) is 6.95. The summed E-state index contributed by atoms with van der Waals surface area (Å²) in [5, 5.41) is 15.3. The summed E-state index contributed by atoms with van der Waals surface area (Å²) >= 11 is 0. The molecule has 1 saturated carbocycles. The molecule has 0 radical (unpaired) electrons. The topological polar surface area (TPSA) is 78.4 Å². The van der Waals surface area contributed by atoms with Crippen LogP contribution in [0.15, 0.2) is 0 Å². The molecule has 1 heterocycles. The number of carboxylic acids is 1. The van der Waals surface area contributed by atoms with Crippen molar-refractivity contribution in [3.8, 4) is 0 Å². The fourth-order valence-electron chi connectivity index (χ4n) is 2.97. The standard InChI is InChI=1S/C13H22N2O3/c16-12(11-7-4-8-14-11)15-10-6-3-1-2-5-9(10)13(17)18/h9-11,14H,1-8H2,(H,15,16)(H,17,18)/t9?,10?,11-/m1/s1. The molecule has 102 valence electrons. The van der Waals surface area contributed by atoms with E-state index in [0.717, 1.165) is 45.1 Å². The maximum atomic E-state index is 12.0. The molecule has 3 N–H and O–H groups in total. The lowest BCUT2D eigenvalue weighted by Crippen LogP contribution is -2.49. The van der Waals surface area contributed by atoms with E-state index in [-0.39, 0.29) is 18.0 Å². The highest BCUT2D eigenvalue weighted by Crippen LogP contribution is 2.24. The van der Waals surface area contributed by atoms with Crippen molar-refractivity contribution in [2.45, 2.75) is 57.0 Å². The maximum absolute atomic E-state index is 12.0. The average Bonchev–Trinajstić information content (AvgIpc) is 2.77. The van der Waals surface area contributed by atoms with Gasteiger partial charge in [-0.25, -0.2) is 0 Å². The second-order valence-electron chi connectivity index (χ2n) is 5.35. The molecule has 0 spiro atoms. The molecule has 5 heteroatoms. The second kappa shape index (κ2) is 6.18. The first kappa shape index (κ1) is 13.3. The monoisotopic (exact) mass is 254 g/mol. The summed E-state index contributed by atoms with van der Waals surface area (Å²) in [5.41, 5.74) is 0. The van der Waals surface area contributed by atoms with Gasteiger partial charge in [0.15, 0.2) is 0 Å². The third-order valence-corrected chi connectivity index (χ3v) is 4.04. The molecule has 1 saturated heterocycles. The largest absolute Gasteiger partial charge is 0.481 e. The van der Waals surface area contributed by atoms with Gasteiger partial charge in [0, 0.05) is 6.04 Å². The second-order valence-corrected chi connectivity index (χ2v) is 5.35. The normalized spacial score (nSPS) is 32.8. The molecule has 2 fully saturated rings. The number of aliphatic carboxylic acids is 1. The van der Waals surface area contributed by atoms with E-state index in [1.165, 1.54) is 0 Å². The molecule has 1 aliphatic carbocycles. The van der Waals surface area contributed by atoms with Crippen molar-refractivity contribution in [3.63, 3.8) is 0 Å². The van der Waals surface area contributed by atoms with Crippen LogP contribution in [-0.4, -0.2) is 35.6 Å². The Bertz CT molecular complexity index is 313. The molecule has 0 aromatic heterocycles. The summed E-state index contributed by atoms with van der Waals surface area (Å²) < 4.78 is 0. The highest BCUT2D eigenvalue weighted by molar-refractivity contribution is 5.83. The SMILES string of the molecule is O=C(O)C1CCCCCC1NC(=O)[C@H]1CCCN1. The Kier molecular flexibility index (Phi) is 4.58. The molecule has 18 heavy (non-hydrogen) atoms. The van der Waals surface area contributed by atoms with E-state index in [1.807, 2.05) is 0 Å². The van der Waals surface area contributed by atoms with E-state index in [9.17, 15) is 14.7 Å². The molecule has 5 nitrogen and oxygen atoms in total. The van der Waals surface area contributed by atoms with Crippen LogP contribution >= 0.6 is 0 Å². The molecule has 0 bridgehead atoms. The molecule has 0 aromatic rings. The van der Waals surface area contributed by atoms with Crippen LogP contribution in [0.25, 0.3) is 0 Å². The van der Waals surface area contributed by atoms with E-state index < -0.39 is 11.9 Å². The van der Waals surface area contributed by atoms with Gasteiger partial charge in [-0.2, -0.15) is 0 Å². The Morgan fingerprint density at radius 3 is 2.50 bits per heavy atom. The minimum Gasteiger partial charge on any atom is -0.481 e. The summed E-state index contributed by atoms with van der Waals surface area (Å²) in [7, 11) is 0. The third-order valence-electron chi connectivity index (χ3n) is 4.04. The van der Waals surface area contributed by atoms with Gasteiger partial charge in [0.2, 0.25) is 5.91 Å². The minimum atomic E-state index is -0.776. The van der Waals surface area contributed by atoms with Gasteiger partial charge in [-0.1, -0.05) is 19.3 Å². The van der Waals surface area contributed by atoms with Crippen molar-refractivity contribution in [2.24, 2.45) is 5.92 Å². The van der Waals surface area contributed by atoms with Crippen molar-refractivity contribution in [2.75, 3.05) is 6.54 Å². The zero-order chi connectivity index (χ0) is 13.0. The van der Waals surface area contributed by atoms with Gasteiger partial charge >= 0.3 is 5.97 Å². The van der Waals surface area contributed by atoms with Crippen LogP contribution in [0, 0.1) is 5.92 Å². The first-order valence-electron chi connectivity index (χ1n) is 6.95. The fourth-order valence-corrected chi connectivity index (χ4v) is 2.97.